The minimum atomic E-state index is 0.0360. The fourth-order valence-corrected chi connectivity index (χ4v) is 2.16. The Morgan fingerprint density at radius 1 is 1.21 bits per heavy atom. The van der Waals surface area contributed by atoms with E-state index in [9.17, 15) is 5.11 Å². The quantitative estimate of drug-likeness (QED) is 0.690. The standard InChI is InChI=1S/C11H24N2O/c1-13(2)9-8-12-11(10-14)6-4-3-5-7-11/h12,14H,3-10H2,1-2H3. The van der Waals surface area contributed by atoms with Crippen LogP contribution in [0.5, 0.6) is 0 Å². The third kappa shape index (κ3) is 3.56. The van der Waals surface area contributed by atoms with Crippen LogP contribution < -0.4 is 5.32 Å². The molecule has 14 heavy (non-hydrogen) atoms. The van der Waals surface area contributed by atoms with Gasteiger partial charge in [0.2, 0.25) is 0 Å². The largest absolute Gasteiger partial charge is 0.394 e. The van der Waals surface area contributed by atoms with E-state index in [2.05, 4.69) is 24.3 Å². The van der Waals surface area contributed by atoms with Gasteiger partial charge in [-0.05, 0) is 26.9 Å². The number of aliphatic hydroxyl groups is 1. The molecule has 0 aliphatic heterocycles. The molecule has 0 aromatic heterocycles. The van der Waals surface area contributed by atoms with Crippen LogP contribution in [-0.4, -0.2) is 49.3 Å². The van der Waals surface area contributed by atoms with Crippen molar-refractivity contribution in [2.45, 2.75) is 37.6 Å². The molecule has 84 valence electrons. The lowest BCUT2D eigenvalue weighted by Gasteiger charge is -2.37. The minimum absolute atomic E-state index is 0.0360. The van der Waals surface area contributed by atoms with Crippen molar-refractivity contribution in [2.24, 2.45) is 0 Å². The molecule has 1 aliphatic rings. The van der Waals surface area contributed by atoms with Crippen molar-refractivity contribution in [2.75, 3.05) is 33.8 Å². The molecule has 1 saturated carbocycles. The summed E-state index contributed by atoms with van der Waals surface area (Å²) in [7, 11) is 4.16. The van der Waals surface area contributed by atoms with E-state index in [1.54, 1.807) is 0 Å². The van der Waals surface area contributed by atoms with E-state index in [-0.39, 0.29) is 5.54 Å². The predicted molar refractivity (Wildman–Crippen MR) is 59.5 cm³/mol. The highest BCUT2D eigenvalue weighted by Crippen LogP contribution is 2.27. The molecule has 1 rings (SSSR count). The van der Waals surface area contributed by atoms with Crippen molar-refractivity contribution in [3.8, 4) is 0 Å². The number of nitrogens with zero attached hydrogens (tertiary/aromatic N) is 1. The summed E-state index contributed by atoms with van der Waals surface area (Å²) in [6.45, 7) is 2.32. The molecule has 0 bridgehead atoms. The van der Waals surface area contributed by atoms with Gasteiger partial charge in [0, 0.05) is 18.6 Å². The summed E-state index contributed by atoms with van der Waals surface area (Å²) in [6, 6.07) is 0. The highest BCUT2D eigenvalue weighted by Gasteiger charge is 2.30. The molecule has 2 N–H and O–H groups in total. The minimum Gasteiger partial charge on any atom is -0.394 e. The third-order valence-corrected chi connectivity index (χ3v) is 3.17. The SMILES string of the molecule is CN(C)CCNC1(CO)CCCCC1. The molecule has 1 fully saturated rings. The smallest absolute Gasteiger partial charge is 0.0613 e. The van der Waals surface area contributed by atoms with Crippen LogP contribution in [0.25, 0.3) is 0 Å². The van der Waals surface area contributed by atoms with Crippen molar-refractivity contribution in [3.05, 3.63) is 0 Å². The average Bonchev–Trinajstić information content (AvgIpc) is 2.19. The van der Waals surface area contributed by atoms with Gasteiger partial charge in [0.1, 0.15) is 0 Å². The zero-order chi connectivity index (χ0) is 10.4. The summed E-state index contributed by atoms with van der Waals surface area (Å²) in [5.41, 5.74) is 0.0360. The Labute approximate surface area is 87.5 Å². The first-order valence-electron chi connectivity index (χ1n) is 5.69. The molecule has 0 heterocycles. The van der Waals surface area contributed by atoms with Crippen LogP contribution in [0.1, 0.15) is 32.1 Å². The first-order valence-corrected chi connectivity index (χ1v) is 5.69. The van der Waals surface area contributed by atoms with Gasteiger partial charge in [0.15, 0.2) is 0 Å². The van der Waals surface area contributed by atoms with Crippen LogP contribution in [-0.2, 0) is 0 Å². The normalized spacial score (nSPS) is 21.4. The second kappa shape index (κ2) is 5.69. The van der Waals surface area contributed by atoms with Gasteiger partial charge >= 0.3 is 0 Å². The Morgan fingerprint density at radius 2 is 1.86 bits per heavy atom. The third-order valence-electron chi connectivity index (χ3n) is 3.17. The van der Waals surface area contributed by atoms with Crippen LogP contribution in [0.3, 0.4) is 0 Å². The fourth-order valence-electron chi connectivity index (χ4n) is 2.16. The number of aliphatic hydroxyl groups excluding tert-OH is 1. The first-order chi connectivity index (χ1) is 6.68. The summed E-state index contributed by atoms with van der Waals surface area (Å²) >= 11 is 0. The molecule has 0 saturated heterocycles. The highest BCUT2D eigenvalue weighted by atomic mass is 16.3. The topological polar surface area (TPSA) is 35.5 Å². The van der Waals surface area contributed by atoms with Gasteiger partial charge in [0.25, 0.3) is 0 Å². The van der Waals surface area contributed by atoms with Gasteiger partial charge in [-0.15, -0.1) is 0 Å². The Balaban J connectivity index is 2.29. The maximum atomic E-state index is 9.43. The van der Waals surface area contributed by atoms with Crippen LogP contribution >= 0.6 is 0 Å². The molecule has 0 amide bonds. The molecule has 1 aliphatic carbocycles. The second-order valence-electron chi connectivity index (χ2n) is 4.73. The van der Waals surface area contributed by atoms with E-state index in [0.717, 1.165) is 25.9 Å². The van der Waals surface area contributed by atoms with Crippen LogP contribution in [0.4, 0.5) is 0 Å². The lowest BCUT2D eigenvalue weighted by Crippen LogP contribution is -2.51. The molecule has 3 nitrogen and oxygen atoms in total. The molecular weight excluding hydrogens is 176 g/mol. The molecule has 0 aromatic carbocycles. The maximum Gasteiger partial charge on any atom is 0.0613 e. The molecule has 0 radical (unpaired) electrons. The summed E-state index contributed by atoms with van der Waals surface area (Å²) in [5.74, 6) is 0. The van der Waals surface area contributed by atoms with Crippen molar-refractivity contribution >= 4 is 0 Å². The Bertz CT molecular complexity index is 153. The van der Waals surface area contributed by atoms with E-state index in [4.69, 9.17) is 0 Å². The van der Waals surface area contributed by atoms with Crippen molar-refractivity contribution in [3.63, 3.8) is 0 Å². The zero-order valence-electron chi connectivity index (χ0n) is 9.55. The molecule has 0 unspecified atom stereocenters. The van der Waals surface area contributed by atoms with Gasteiger partial charge in [0.05, 0.1) is 6.61 Å². The molecule has 0 aromatic rings. The summed E-state index contributed by atoms with van der Waals surface area (Å²) in [6.07, 6.45) is 6.12. The number of hydrogen-bond acceptors (Lipinski definition) is 3. The van der Waals surface area contributed by atoms with Gasteiger partial charge in [-0.25, -0.2) is 0 Å². The summed E-state index contributed by atoms with van der Waals surface area (Å²) < 4.78 is 0. The number of hydrogen-bond donors (Lipinski definition) is 2. The monoisotopic (exact) mass is 200 g/mol. The highest BCUT2D eigenvalue weighted by molar-refractivity contribution is 4.90. The van der Waals surface area contributed by atoms with Gasteiger partial charge < -0.3 is 15.3 Å². The molecule has 3 heteroatoms. The lowest BCUT2D eigenvalue weighted by molar-refractivity contribution is 0.119. The fraction of sp³-hybridized carbons (Fsp3) is 1.00. The van der Waals surface area contributed by atoms with E-state index < -0.39 is 0 Å². The van der Waals surface area contributed by atoms with Crippen LogP contribution in [0, 0.1) is 0 Å². The molecular formula is C11H24N2O. The van der Waals surface area contributed by atoms with E-state index in [0.29, 0.717) is 6.61 Å². The van der Waals surface area contributed by atoms with Crippen LogP contribution in [0.2, 0.25) is 0 Å². The van der Waals surface area contributed by atoms with Crippen molar-refractivity contribution < 1.29 is 5.11 Å². The van der Waals surface area contributed by atoms with Crippen molar-refractivity contribution in [1.82, 2.24) is 10.2 Å². The van der Waals surface area contributed by atoms with E-state index in [1.807, 2.05) is 0 Å². The first kappa shape index (κ1) is 12.0. The van der Waals surface area contributed by atoms with Crippen molar-refractivity contribution in [1.29, 1.82) is 0 Å². The lowest BCUT2D eigenvalue weighted by atomic mass is 9.82. The zero-order valence-corrected chi connectivity index (χ0v) is 9.55. The maximum absolute atomic E-state index is 9.43. The Morgan fingerprint density at radius 3 is 2.36 bits per heavy atom. The van der Waals surface area contributed by atoms with Gasteiger partial charge in [-0.3, -0.25) is 0 Å². The molecule has 0 atom stereocenters. The van der Waals surface area contributed by atoms with E-state index in [1.165, 1.54) is 19.3 Å². The Kier molecular flexibility index (Phi) is 4.85. The average molecular weight is 200 g/mol. The predicted octanol–water partition coefficient (Wildman–Crippen LogP) is 0.833. The van der Waals surface area contributed by atoms with Gasteiger partial charge in [-0.2, -0.15) is 0 Å². The van der Waals surface area contributed by atoms with Gasteiger partial charge in [-0.1, -0.05) is 19.3 Å². The second-order valence-corrected chi connectivity index (χ2v) is 4.73. The Hall–Kier alpha value is -0.120. The summed E-state index contributed by atoms with van der Waals surface area (Å²) in [5, 5.41) is 13.0. The number of likely N-dealkylation sites (N-methyl/N-ethyl adjacent to an activating group) is 1. The number of rotatable bonds is 5. The summed E-state index contributed by atoms with van der Waals surface area (Å²) in [4.78, 5) is 2.17. The van der Waals surface area contributed by atoms with Crippen LogP contribution in [0.15, 0.2) is 0 Å². The van der Waals surface area contributed by atoms with E-state index >= 15 is 0 Å². The number of nitrogens with one attached hydrogen (secondary N) is 1. The molecule has 0 spiro atoms.